The highest BCUT2D eigenvalue weighted by molar-refractivity contribution is 6.03. The lowest BCUT2D eigenvalue weighted by atomic mass is 9.98. The average molecular weight is 367 g/mol. The maximum absolute atomic E-state index is 12.5. The number of aliphatic carboxylic acids is 1. The summed E-state index contributed by atoms with van der Waals surface area (Å²) in [6, 6.07) is 14.9. The van der Waals surface area contributed by atoms with Crippen LogP contribution in [0.1, 0.15) is 36.4 Å². The smallest absolute Gasteiger partial charge is 0.303 e. The van der Waals surface area contributed by atoms with E-state index in [1.54, 1.807) is 12.1 Å². The summed E-state index contributed by atoms with van der Waals surface area (Å²) < 4.78 is 0. The van der Waals surface area contributed by atoms with Crippen LogP contribution in [0.4, 0.5) is 5.69 Å². The van der Waals surface area contributed by atoms with E-state index < -0.39 is 22.8 Å². The van der Waals surface area contributed by atoms with Crippen LogP contribution in [-0.2, 0) is 9.59 Å². The number of nitro benzene ring substituents is 1. The summed E-state index contributed by atoms with van der Waals surface area (Å²) in [6.45, 7) is 0. The normalized spacial score (nSPS) is 16.1. The van der Waals surface area contributed by atoms with Gasteiger partial charge < -0.3 is 5.11 Å². The molecule has 8 nitrogen and oxygen atoms in total. The van der Waals surface area contributed by atoms with Crippen LogP contribution in [0.2, 0.25) is 0 Å². The fourth-order valence-electron chi connectivity index (χ4n) is 2.95. The zero-order chi connectivity index (χ0) is 19.4. The Labute approximate surface area is 154 Å². The summed E-state index contributed by atoms with van der Waals surface area (Å²) in [5, 5.41) is 25.4. The molecule has 1 heterocycles. The van der Waals surface area contributed by atoms with Crippen LogP contribution < -0.4 is 0 Å². The van der Waals surface area contributed by atoms with Crippen LogP contribution in [0.25, 0.3) is 0 Å². The topological polar surface area (TPSA) is 113 Å². The van der Waals surface area contributed by atoms with Crippen molar-refractivity contribution in [3.05, 3.63) is 75.8 Å². The lowest BCUT2D eigenvalue weighted by Gasteiger charge is -2.21. The van der Waals surface area contributed by atoms with E-state index in [1.807, 2.05) is 30.3 Å². The quantitative estimate of drug-likeness (QED) is 0.622. The van der Waals surface area contributed by atoms with Crippen molar-refractivity contribution in [3.63, 3.8) is 0 Å². The molecule has 0 saturated carbocycles. The maximum atomic E-state index is 12.5. The molecule has 0 aromatic heterocycles. The molecule has 0 aliphatic carbocycles. The Kier molecular flexibility index (Phi) is 5.25. The van der Waals surface area contributed by atoms with Gasteiger partial charge in [-0.05, 0) is 11.1 Å². The van der Waals surface area contributed by atoms with Crippen molar-refractivity contribution in [3.8, 4) is 0 Å². The number of amides is 1. The number of carbonyl (C=O) groups is 2. The van der Waals surface area contributed by atoms with E-state index in [4.69, 9.17) is 5.11 Å². The van der Waals surface area contributed by atoms with E-state index >= 15 is 0 Å². The Morgan fingerprint density at radius 3 is 2.37 bits per heavy atom. The highest BCUT2D eigenvalue weighted by atomic mass is 16.6. The first-order valence-corrected chi connectivity index (χ1v) is 8.37. The third-order valence-electron chi connectivity index (χ3n) is 4.31. The number of rotatable bonds is 6. The van der Waals surface area contributed by atoms with Crippen molar-refractivity contribution in [1.29, 1.82) is 0 Å². The molecule has 138 valence electrons. The van der Waals surface area contributed by atoms with Crippen LogP contribution in [0.3, 0.4) is 0 Å². The van der Waals surface area contributed by atoms with Gasteiger partial charge in [0.15, 0.2) is 0 Å². The van der Waals surface area contributed by atoms with Gasteiger partial charge in [-0.1, -0.05) is 42.5 Å². The molecule has 0 bridgehead atoms. The monoisotopic (exact) mass is 367 g/mol. The lowest BCUT2D eigenvalue weighted by molar-refractivity contribution is -0.384. The molecule has 1 aliphatic heterocycles. The van der Waals surface area contributed by atoms with Gasteiger partial charge in [0.05, 0.1) is 23.1 Å². The van der Waals surface area contributed by atoms with Gasteiger partial charge >= 0.3 is 5.97 Å². The van der Waals surface area contributed by atoms with Crippen LogP contribution in [-0.4, -0.2) is 32.6 Å². The molecule has 27 heavy (non-hydrogen) atoms. The van der Waals surface area contributed by atoms with Gasteiger partial charge in [-0.3, -0.25) is 19.7 Å². The first kappa shape index (κ1) is 18.2. The van der Waals surface area contributed by atoms with E-state index in [0.717, 1.165) is 5.56 Å². The third kappa shape index (κ3) is 4.17. The first-order valence-electron chi connectivity index (χ1n) is 8.37. The zero-order valence-electron chi connectivity index (χ0n) is 14.3. The Bertz CT molecular complexity index is 893. The van der Waals surface area contributed by atoms with Crippen LogP contribution in [0, 0.1) is 10.1 Å². The van der Waals surface area contributed by atoms with Crippen LogP contribution in [0.5, 0.6) is 0 Å². The average Bonchev–Trinajstić information content (AvgIpc) is 3.12. The molecule has 0 unspecified atom stereocenters. The fraction of sp³-hybridized carbons (Fsp3) is 0.211. The van der Waals surface area contributed by atoms with Gasteiger partial charge in [-0.15, -0.1) is 0 Å². The molecule has 1 N–H and O–H groups in total. The molecule has 0 fully saturated rings. The van der Waals surface area contributed by atoms with Crippen molar-refractivity contribution in [2.75, 3.05) is 0 Å². The maximum Gasteiger partial charge on any atom is 0.303 e. The van der Waals surface area contributed by atoms with Crippen LogP contribution >= 0.6 is 0 Å². The Morgan fingerprint density at radius 2 is 1.78 bits per heavy atom. The Hall–Kier alpha value is -3.55. The first-order chi connectivity index (χ1) is 13.0. The highest BCUT2D eigenvalue weighted by Gasteiger charge is 2.33. The number of nitro groups is 1. The molecule has 8 heteroatoms. The second kappa shape index (κ2) is 7.77. The summed E-state index contributed by atoms with van der Waals surface area (Å²) >= 11 is 0. The van der Waals surface area contributed by atoms with Crippen molar-refractivity contribution in [1.82, 2.24) is 5.01 Å². The van der Waals surface area contributed by atoms with Gasteiger partial charge in [0.2, 0.25) is 5.91 Å². The molecule has 0 radical (unpaired) electrons. The van der Waals surface area contributed by atoms with Gasteiger partial charge in [-0.2, -0.15) is 5.10 Å². The number of carboxylic acid groups (broad SMARTS) is 1. The van der Waals surface area contributed by atoms with E-state index in [-0.39, 0.29) is 18.5 Å². The van der Waals surface area contributed by atoms with E-state index in [1.165, 1.54) is 17.1 Å². The summed E-state index contributed by atoms with van der Waals surface area (Å²) in [7, 11) is 0. The molecule has 2 aromatic carbocycles. The van der Waals surface area contributed by atoms with E-state index in [9.17, 15) is 19.7 Å². The molecule has 2 aromatic rings. The minimum absolute atomic E-state index is 0.0373. The predicted octanol–water partition coefficient (Wildman–Crippen LogP) is 3.14. The van der Waals surface area contributed by atoms with Gasteiger partial charge in [-0.25, -0.2) is 5.01 Å². The van der Waals surface area contributed by atoms with Gasteiger partial charge in [0.25, 0.3) is 5.69 Å². The molecule has 3 rings (SSSR count). The standard InChI is InChI=1S/C19H17N3O5/c23-18(10-11-19(24)25)21-17(14-6-8-15(9-7-14)22(26)27)12-16(20-21)13-4-2-1-3-5-13/h1-9,17H,10-12H2,(H,24,25)/t17-/m0/s1. The zero-order valence-corrected chi connectivity index (χ0v) is 14.3. The second-order valence-electron chi connectivity index (χ2n) is 6.11. The predicted molar refractivity (Wildman–Crippen MR) is 97.1 cm³/mol. The Morgan fingerprint density at radius 1 is 1.11 bits per heavy atom. The number of non-ortho nitro benzene ring substituents is 1. The largest absolute Gasteiger partial charge is 0.481 e. The van der Waals surface area contributed by atoms with E-state index in [0.29, 0.717) is 17.7 Å². The molecule has 1 amide bonds. The SMILES string of the molecule is O=C(O)CCC(=O)N1N=C(c2ccccc2)C[C@H]1c1ccc([N+](=O)[O-])cc1. The number of carboxylic acids is 1. The molecule has 1 atom stereocenters. The minimum Gasteiger partial charge on any atom is -0.481 e. The number of hydrogen-bond acceptors (Lipinski definition) is 5. The molecule has 1 aliphatic rings. The van der Waals surface area contributed by atoms with Crippen LogP contribution in [0.15, 0.2) is 59.7 Å². The summed E-state index contributed by atoms with van der Waals surface area (Å²) in [5.41, 5.74) is 2.25. The highest BCUT2D eigenvalue weighted by Crippen LogP contribution is 2.34. The number of nitrogens with zero attached hydrogens (tertiary/aromatic N) is 3. The van der Waals surface area contributed by atoms with Crippen molar-refractivity contribution < 1.29 is 19.6 Å². The van der Waals surface area contributed by atoms with Crippen molar-refractivity contribution >= 4 is 23.3 Å². The van der Waals surface area contributed by atoms with E-state index in [2.05, 4.69) is 5.10 Å². The molecule has 0 saturated heterocycles. The summed E-state index contributed by atoms with van der Waals surface area (Å²) in [6.07, 6.45) is 0.00350. The summed E-state index contributed by atoms with van der Waals surface area (Å²) in [4.78, 5) is 33.7. The number of hydrogen-bond donors (Lipinski definition) is 1. The van der Waals surface area contributed by atoms with Crippen molar-refractivity contribution in [2.45, 2.75) is 25.3 Å². The second-order valence-corrected chi connectivity index (χ2v) is 6.11. The molecular weight excluding hydrogens is 350 g/mol. The third-order valence-corrected chi connectivity index (χ3v) is 4.31. The fourth-order valence-corrected chi connectivity index (χ4v) is 2.95. The van der Waals surface area contributed by atoms with Gasteiger partial charge in [0, 0.05) is 25.0 Å². The summed E-state index contributed by atoms with van der Waals surface area (Å²) in [5.74, 6) is -1.45. The van der Waals surface area contributed by atoms with Crippen molar-refractivity contribution in [2.24, 2.45) is 5.10 Å². The number of hydrazone groups is 1. The number of benzene rings is 2. The van der Waals surface area contributed by atoms with Gasteiger partial charge in [0.1, 0.15) is 0 Å². The Balaban J connectivity index is 1.89. The molecule has 0 spiro atoms. The minimum atomic E-state index is -1.05. The molecular formula is C19H17N3O5. The lowest BCUT2D eigenvalue weighted by Crippen LogP contribution is -2.27. The number of carbonyl (C=O) groups excluding carboxylic acids is 1.